The van der Waals surface area contributed by atoms with Crippen molar-refractivity contribution in [2.75, 3.05) is 5.75 Å². The molecule has 0 bridgehead atoms. The molecule has 0 radical (unpaired) electrons. The molecule has 4 rings (SSSR count). The molecule has 1 heterocycles. The van der Waals surface area contributed by atoms with E-state index in [0.29, 0.717) is 17.9 Å². The first kappa shape index (κ1) is 28.2. The minimum absolute atomic E-state index is 0.147. The van der Waals surface area contributed by atoms with Crippen molar-refractivity contribution in [1.29, 1.82) is 0 Å². The van der Waals surface area contributed by atoms with Gasteiger partial charge in [0.2, 0.25) is 5.91 Å². The number of carbonyl (C=O) groups is 1. The second kappa shape index (κ2) is 12.2. The first-order chi connectivity index (χ1) is 16.5. The maximum absolute atomic E-state index is 13.8. The van der Waals surface area contributed by atoms with Gasteiger partial charge in [0.25, 0.3) is 0 Å². The predicted octanol–water partition coefficient (Wildman–Crippen LogP) is 9.24. The summed E-state index contributed by atoms with van der Waals surface area (Å²) in [5.74, 6) is 1.96. The summed E-state index contributed by atoms with van der Waals surface area (Å²) >= 11 is 13.7. The monoisotopic (exact) mass is 531 g/mol. The summed E-state index contributed by atoms with van der Waals surface area (Å²) in [7, 11) is 0. The van der Waals surface area contributed by atoms with Gasteiger partial charge < -0.3 is 4.90 Å². The highest BCUT2D eigenvalue weighted by molar-refractivity contribution is 8.00. The van der Waals surface area contributed by atoms with Gasteiger partial charge in [-0.3, -0.25) is 4.79 Å². The van der Waals surface area contributed by atoms with Gasteiger partial charge in [0.05, 0.1) is 11.5 Å². The van der Waals surface area contributed by atoms with Crippen LogP contribution < -0.4 is 0 Å². The van der Waals surface area contributed by atoms with Crippen molar-refractivity contribution in [2.24, 2.45) is 11.3 Å². The van der Waals surface area contributed by atoms with Crippen molar-refractivity contribution in [3.63, 3.8) is 0 Å². The van der Waals surface area contributed by atoms with E-state index in [0.717, 1.165) is 35.1 Å². The Hall–Kier alpha value is -1.42. The van der Waals surface area contributed by atoms with Crippen molar-refractivity contribution < 1.29 is 4.79 Å². The Morgan fingerprint density at radius 2 is 1.66 bits per heavy atom. The number of hydrogen-bond donors (Lipinski definition) is 0. The fourth-order valence-corrected chi connectivity index (χ4v) is 6.11. The summed E-state index contributed by atoms with van der Waals surface area (Å²) in [5, 5.41) is 1.54. The molecule has 0 spiro atoms. The third-order valence-corrected chi connectivity index (χ3v) is 8.73. The van der Waals surface area contributed by atoms with Gasteiger partial charge in [0.15, 0.2) is 0 Å². The van der Waals surface area contributed by atoms with E-state index in [1.165, 1.54) is 18.4 Å². The van der Waals surface area contributed by atoms with Crippen molar-refractivity contribution in [3.8, 4) is 0 Å². The highest BCUT2D eigenvalue weighted by Crippen LogP contribution is 2.49. The van der Waals surface area contributed by atoms with Crippen LogP contribution in [-0.4, -0.2) is 27.3 Å². The highest BCUT2D eigenvalue weighted by Gasteiger charge is 2.49. The second-order valence-corrected chi connectivity index (χ2v) is 13.7. The topological polar surface area (TPSA) is 20.3 Å². The lowest BCUT2D eigenvalue weighted by Crippen LogP contribution is -2.54. The summed E-state index contributed by atoms with van der Waals surface area (Å²) in [6.45, 7) is 12.8. The predicted molar refractivity (Wildman–Crippen MR) is 153 cm³/mol. The number of hydrogen-bond acceptors (Lipinski definition) is 2. The molecule has 2 aromatic carbocycles. The van der Waals surface area contributed by atoms with Gasteiger partial charge >= 0.3 is 0 Å². The van der Waals surface area contributed by atoms with E-state index < -0.39 is 0 Å². The Kier molecular flexibility index (Phi) is 9.82. The van der Waals surface area contributed by atoms with Crippen LogP contribution in [0.15, 0.2) is 67.3 Å². The molecular formula is C30H39Cl2NOS. The third kappa shape index (κ3) is 8.03. The Labute approximate surface area is 226 Å². The van der Waals surface area contributed by atoms with E-state index in [9.17, 15) is 4.79 Å². The van der Waals surface area contributed by atoms with Crippen LogP contribution in [0.3, 0.4) is 0 Å². The minimum atomic E-state index is -0.329. The number of likely N-dealkylation sites (tertiary alicyclic amines) is 1. The average molecular weight is 533 g/mol. The van der Waals surface area contributed by atoms with Gasteiger partial charge in [0.1, 0.15) is 0 Å². The molecule has 0 aromatic heterocycles. The maximum Gasteiger partial charge on any atom is 0.229 e. The number of rotatable bonds is 7. The van der Waals surface area contributed by atoms with Crippen LogP contribution in [0.4, 0.5) is 0 Å². The summed E-state index contributed by atoms with van der Waals surface area (Å²) in [4.78, 5) is 16.1. The van der Waals surface area contributed by atoms with Crippen LogP contribution >= 0.6 is 35.0 Å². The lowest BCUT2D eigenvalue weighted by molar-refractivity contribution is -0.152. The molecule has 1 saturated heterocycles. The molecule has 1 aliphatic carbocycles. The van der Waals surface area contributed by atoms with E-state index in [1.54, 1.807) is 0 Å². The van der Waals surface area contributed by atoms with Gasteiger partial charge in [0, 0.05) is 26.6 Å². The fraction of sp³-hybridized carbons (Fsp3) is 0.500. The number of piperidine rings is 1. The van der Waals surface area contributed by atoms with Crippen LogP contribution in [0.25, 0.3) is 0 Å². The zero-order chi connectivity index (χ0) is 25.6. The molecule has 1 aliphatic heterocycles. The Bertz CT molecular complexity index is 968. The van der Waals surface area contributed by atoms with Gasteiger partial charge in [-0.25, -0.2) is 0 Å². The summed E-state index contributed by atoms with van der Waals surface area (Å²) in [5.41, 5.74) is 0.884. The van der Waals surface area contributed by atoms with E-state index in [1.807, 2.05) is 60.3 Å². The maximum atomic E-state index is 13.8. The molecule has 2 aliphatic rings. The SMILES string of the molecule is C=CC[C@@]1(C)CCC(c2ccc(Cl)cc2)N(C(CSC(C)(C)C)C2CC2)C1=O.Clc1ccccc1. The molecule has 1 amide bonds. The summed E-state index contributed by atoms with van der Waals surface area (Å²) in [6.07, 6.45) is 7.05. The summed E-state index contributed by atoms with van der Waals surface area (Å²) < 4.78 is 0.201. The number of halogens is 2. The van der Waals surface area contributed by atoms with Crippen molar-refractivity contribution in [3.05, 3.63) is 82.9 Å². The smallest absolute Gasteiger partial charge is 0.229 e. The minimum Gasteiger partial charge on any atom is -0.331 e. The van der Waals surface area contributed by atoms with Crippen LogP contribution in [0.2, 0.25) is 10.0 Å². The number of nitrogens with zero attached hydrogens (tertiary/aromatic N) is 1. The van der Waals surface area contributed by atoms with Crippen LogP contribution in [-0.2, 0) is 4.79 Å². The normalized spacial score (nSPS) is 23.3. The Morgan fingerprint density at radius 3 is 2.14 bits per heavy atom. The molecule has 35 heavy (non-hydrogen) atoms. The number of carbonyl (C=O) groups excluding carboxylic acids is 1. The first-order valence-electron chi connectivity index (χ1n) is 12.6. The largest absolute Gasteiger partial charge is 0.331 e. The van der Waals surface area contributed by atoms with E-state index >= 15 is 0 Å². The Morgan fingerprint density at radius 1 is 1.06 bits per heavy atom. The van der Waals surface area contributed by atoms with Crippen molar-refractivity contribution >= 4 is 40.9 Å². The lowest BCUT2D eigenvalue weighted by atomic mass is 9.74. The zero-order valence-corrected chi connectivity index (χ0v) is 23.8. The molecule has 0 N–H and O–H groups in total. The number of amides is 1. The second-order valence-electron chi connectivity index (χ2n) is 11.0. The number of allylic oxidation sites excluding steroid dienone is 1. The lowest BCUT2D eigenvalue weighted by Gasteiger charge is -2.48. The third-order valence-electron chi connectivity index (χ3n) is 6.85. The van der Waals surface area contributed by atoms with Crippen LogP contribution in [0.1, 0.15) is 71.4 Å². The van der Waals surface area contributed by atoms with Gasteiger partial charge in [-0.05, 0) is 67.9 Å². The molecule has 190 valence electrons. The fourth-order valence-electron chi connectivity index (χ4n) is 4.73. The average Bonchev–Trinajstić information content (AvgIpc) is 3.63. The molecule has 2 unspecified atom stereocenters. The zero-order valence-electron chi connectivity index (χ0n) is 21.5. The van der Waals surface area contributed by atoms with Gasteiger partial charge in [-0.15, -0.1) is 6.58 Å². The molecular weight excluding hydrogens is 493 g/mol. The molecule has 2 fully saturated rings. The first-order valence-corrected chi connectivity index (χ1v) is 14.3. The molecule has 2 aromatic rings. The van der Waals surface area contributed by atoms with E-state index in [2.05, 4.69) is 51.3 Å². The molecule has 2 nitrogen and oxygen atoms in total. The van der Waals surface area contributed by atoms with E-state index in [-0.39, 0.29) is 16.2 Å². The highest BCUT2D eigenvalue weighted by atomic mass is 35.5. The van der Waals surface area contributed by atoms with Crippen molar-refractivity contribution in [1.82, 2.24) is 4.90 Å². The van der Waals surface area contributed by atoms with Crippen LogP contribution in [0.5, 0.6) is 0 Å². The number of benzene rings is 2. The van der Waals surface area contributed by atoms with Gasteiger partial charge in [-0.1, -0.05) is 87.3 Å². The summed E-state index contributed by atoms with van der Waals surface area (Å²) in [6, 6.07) is 18.0. The molecule has 3 atom stereocenters. The number of thioether (sulfide) groups is 1. The van der Waals surface area contributed by atoms with E-state index in [4.69, 9.17) is 23.2 Å². The van der Waals surface area contributed by atoms with Crippen LogP contribution in [0, 0.1) is 11.3 Å². The Balaban J connectivity index is 0.000000420. The van der Waals surface area contributed by atoms with Crippen molar-refractivity contribution in [2.45, 2.75) is 76.6 Å². The standard InChI is InChI=1S/C24H34ClNOS.C6H5Cl/c1-6-14-24(5)15-13-20(17-9-11-19(25)12-10-17)26(22(24)27)21(18-7-8-18)16-28-23(2,3)4;7-6-4-2-1-3-5-6/h6,9-12,18,20-21H,1,7-8,13-16H2,2-5H3;1-5H/t20?,21?,24-;/m0./s1. The molecule has 1 saturated carbocycles. The quantitative estimate of drug-likeness (QED) is 0.331. The van der Waals surface area contributed by atoms with Gasteiger partial charge in [-0.2, -0.15) is 11.8 Å². The molecule has 5 heteroatoms.